The molecule has 148 valence electrons. The molecule has 0 heterocycles. The lowest BCUT2D eigenvalue weighted by Crippen LogP contribution is -2.58. The molecule has 4 aliphatic carbocycles. The molecule has 0 aromatic rings. The van der Waals surface area contributed by atoms with Crippen LogP contribution in [0.3, 0.4) is 0 Å². The SMILES string of the molecule is C=C1C[C@]23C[C@@H]1CC[C@H]2[C@]1(C(=O)O)C[C@H](O)C[C@@](C)(C(=O)O)[C@H]1[C@@H]3C(=O)O. The van der Waals surface area contributed by atoms with Gasteiger partial charge in [-0.3, -0.25) is 14.4 Å². The molecule has 4 saturated carbocycles. The molecule has 4 fully saturated rings. The Labute approximate surface area is 157 Å². The van der Waals surface area contributed by atoms with E-state index in [9.17, 15) is 34.8 Å². The van der Waals surface area contributed by atoms with E-state index in [0.717, 1.165) is 12.0 Å². The number of aliphatic carboxylic acids is 3. The van der Waals surface area contributed by atoms with Crippen LogP contribution in [0.1, 0.15) is 45.4 Å². The summed E-state index contributed by atoms with van der Waals surface area (Å²) < 4.78 is 0. The van der Waals surface area contributed by atoms with Gasteiger partial charge in [-0.05, 0) is 62.7 Å². The summed E-state index contributed by atoms with van der Waals surface area (Å²) in [5, 5.41) is 41.0. The number of allylic oxidation sites excluding steroid dienone is 1. The molecule has 0 aromatic carbocycles. The molecule has 0 saturated heterocycles. The maximum atomic E-state index is 12.7. The first-order valence-corrected chi connectivity index (χ1v) is 9.56. The smallest absolute Gasteiger partial charge is 0.310 e. The second-order valence-electron chi connectivity index (χ2n) is 9.52. The standard InChI is InChI=1S/C20H26O7/c1-9-5-19-6-10(9)3-4-12(19)20(17(26)27)8-11(21)7-18(2,16(24)25)14(20)13(19)15(22)23/h10-14,21H,1,3-8H2,2H3,(H,22,23)(H,24,25)(H,26,27)/t10-,11+,12+,13+,14+,18+,19-,20+/m0/s1. The molecular weight excluding hydrogens is 352 g/mol. The van der Waals surface area contributed by atoms with Crippen molar-refractivity contribution in [2.75, 3.05) is 0 Å². The van der Waals surface area contributed by atoms with E-state index in [-0.39, 0.29) is 18.8 Å². The molecular formula is C20H26O7. The average Bonchev–Trinajstić information content (AvgIpc) is 2.96. The van der Waals surface area contributed by atoms with E-state index in [4.69, 9.17) is 0 Å². The van der Waals surface area contributed by atoms with E-state index in [1.165, 1.54) is 6.92 Å². The zero-order valence-corrected chi connectivity index (χ0v) is 15.4. The minimum atomic E-state index is -1.61. The minimum Gasteiger partial charge on any atom is -0.481 e. The first-order valence-electron chi connectivity index (χ1n) is 9.56. The molecule has 2 bridgehead atoms. The third-order valence-electron chi connectivity index (χ3n) is 8.46. The lowest BCUT2D eigenvalue weighted by molar-refractivity contribution is -0.186. The van der Waals surface area contributed by atoms with Gasteiger partial charge in [-0.1, -0.05) is 12.2 Å². The van der Waals surface area contributed by atoms with Gasteiger partial charge in [-0.25, -0.2) is 0 Å². The number of carboxylic acids is 3. The van der Waals surface area contributed by atoms with Gasteiger partial charge in [-0.15, -0.1) is 0 Å². The predicted octanol–water partition coefficient (Wildman–Crippen LogP) is 2.00. The summed E-state index contributed by atoms with van der Waals surface area (Å²) in [6, 6.07) is 0. The maximum Gasteiger partial charge on any atom is 0.310 e. The molecule has 1 spiro atoms. The minimum absolute atomic E-state index is 0.0801. The average molecular weight is 378 g/mol. The maximum absolute atomic E-state index is 12.7. The Bertz CT molecular complexity index is 759. The quantitative estimate of drug-likeness (QED) is 0.552. The molecule has 0 radical (unpaired) electrons. The van der Waals surface area contributed by atoms with Gasteiger partial charge in [0.05, 0.1) is 22.9 Å². The van der Waals surface area contributed by atoms with Crippen molar-refractivity contribution in [3.8, 4) is 0 Å². The Kier molecular flexibility index (Phi) is 3.65. The number of aliphatic hydroxyl groups is 1. The molecule has 4 N–H and O–H groups in total. The second-order valence-corrected chi connectivity index (χ2v) is 9.52. The summed E-state index contributed by atoms with van der Waals surface area (Å²) >= 11 is 0. The lowest BCUT2D eigenvalue weighted by atomic mass is 9.51. The molecule has 4 rings (SSSR count). The van der Waals surface area contributed by atoms with Crippen LogP contribution < -0.4 is 0 Å². The summed E-state index contributed by atoms with van der Waals surface area (Å²) in [5.74, 6) is -5.92. The van der Waals surface area contributed by atoms with Crippen molar-refractivity contribution in [1.82, 2.24) is 0 Å². The third-order valence-corrected chi connectivity index (χ3v) is 8.46. The van der Waals surface area contributed by atoms with Crippen LogP contribution in [0.25, 0.3) is 0 Å². The Morgan fingerprint density at radius 2 is 1.70 bits per heavy atom. The molecule has 0 unspecified atom stereocenters. The van der Waals surface area contributed by atoms with Crippen molar-refractivity contribution in [3.63, 3.8) is 0 Å². The van der Waals surface area contributed by atoms with Crippen molar-refractivity contribution in [3.05, 3.63) is 12.2 Å². The van der Waals surface area contributed by atoms with Crippen molar-refractivity contribution >= 4 is 17.9 Å². The third kappa shape index (κ3) is 1.98. The number of rotatable bonds is 3. The number of carbonyl (C=O) groups is 3. The van der Waals surface area contributed by atoms with E-state index < -0.39 is 58.0 Å². The number of carboxylic acid groups (broad SMARTS) is 3. The van der Waals surface area contributed by atoms with Crippen molar-refractivity contribution in [2.45, 2.75) is 51.6 Å². The van der Waals surface area contributed by atoms with Crippen LogP contribution in [0.5, 0.6) is 0 Å². The Morgan fingerprint density at radius 1 is 1.04 bits per heavy atom. The van der Waals surface area contributed by atoms with E-state index in [1.54, 1.807) is 0 Å². The van der Waals surface area contributed by atoms with Gasteiger partial charge in [0.2, 0.25) is 0 Å². The van der Waals surface area contributed by atoms with Crippen molar-refractivity contribution in [2.24, 2.45) is 39.9 Å². The van der Waals surface area contributed by atoms with Crippen LogP contribution in [-0.4, -0.2) is 44.4 Å². The fourth-order valence-electron chi connectivity index (χ4n) is 7.80. The highest BCUT2D eigenvalue weighted by atomic mass is 16.4. The summed E-state index contributed by atoms with van der Waals surface area (Å²) in [6.07, 6.45) is 1.01. The highest BCUT2D eigenvalue weighted by Crippen LogP contribution is 2.77. The van der Waals surface area contributed by atoms with Crippen LogP contribution in [0, 0.1) is 39.9 Å². The predicted molar refractivity (Wildman–Crippen MR) is 92.7 cm³/mol. The first kappa shape index (κ1) is 18.5. The molecule has 0 amide bonds. The Morgan fingerprint density at radius 3 is 2.26 bits per heavy atom. The second kappa shape index (κ2) is 5.34. The highest BCUT2D eigenvalue weighted by Gasteiger charge is 2.79. The van der Waals surface area contributed by atoms with Gasteiger partial charge in [-0.2, -0.15) is 0 Å². The molecule has 4 aliphatic rings. The number of aliphatic hydroxyl groups excluding tert-OH is 1. The monoisotopic (exact) mass is 378 g/mol. The number of hydrogen-bond donors (Lipinski definition) is 4. The molecule has 0 aromatic heterocycles. The Balaban J connectivity index is 2.02. The van der Waals surface area contributed by atoms with Crippen LogP contribution in [0.2, 0.25) is 0 Å². The van der Waals surface area contributed by atoms with Crippen LogP contribution >= 0.6 is 0 Å². The molecule has 7 heteroatoms. The largest absolute Gasteiger partial charge is 0.481 e. The van der Waals surface area contributed by atoms with Gasteiger partial charge < -0.3 is 20.4 Å². The molecule has 8 atom stereocenters. The first-order chi connectivity index (χ1) is 12.5. The van der Waals surface area contributed by atoms with Gasteiger partial charge in [0.25, 0.3) is 0 Å². The summed E-state index contributed by atoms with van der Waals surface area (Å²) in [4.78, 5) is 37.4. The molecule has 27 heavy (non-hydrogen) atoms. The van der Waals surface area contributed by atoms with Crippen LogP contribution in [0.15, 0.2) is 12.2 Å². The van der Waals surface area contributed by atoms with Crippen molar-refractivity contribution in [1.29, 1.82) is 0 Å². The summed E-state index contributed by atoms with van der Waals surface area (Å²) in [6.45, 7) is 5.53. The Hall–Kier alpha value is -1.89. The van der Waals surface area contributed by atoms with Crippen LogP contribution in [-0.2, 0) is 14.4 Å². The topological polar surface area (TPSA) is 132 Å². The highest BCUT2D eigenvalue weighted by molar-refractivity contribution is 5.86. The summed E-state index contributed by atoms with van der Waals surface area (Å²) in [7, 11) is 0. The molecule has 7 nitrogen and oxygen atoms in total. The fraction of sp³-hybridized carbons (Fsp3) is 0.750. The van der Waals surface area contributed by atoms with E-state index in [0.29, 0.717) is 19.3 Å². The van der Waals surface area contributed by atoms with Gasteiger partial charge >= 0.3 is 17.9 Å². The zero-order chi connectivity index (χ0) is 19.9. The lowest BCUT2D eigenvalue weighted by Gasteiger charge is -2.50. The fourth-order valence-corrected chi connectivity index (χ4v) is 7.80. The normalized spacial score (nSPS) is 50.7. The zero-order valence-electron chi connectivity index (χ0n) is 15.4. The molecule has 0 aliphatic heterocycles. The summed E-state index contributed by atoms with van der Waals surface area (Å²) in [5.41, 5.74) is -2.97. The van der Waals surface area contributed by atoms with E-state index in [1.807, 2.05) is 0 Å². The van der Waals surface area contributed by atoms with Gasteiger partial charge in [0, 0.05) is 5.92 Å². The van der Waals surface area contributed by atoms with E-state index >= 15 is 0 Å². The van der Waals surface area contributed by atoms with E-state index in [2.05, 4.69) is 6.58 Å². The van der Waals surface area contributed by atoms with Crippen molar-refractivity contribution < 1.29 is 34.8 Å². The number of fused-ring (bicyclic) bond motifs is 3. The van der Waals surface area contributed by atoms with Gasteiger partial charge in [0.1, 0.15) is 0 Å². The number of hydrogen-bond acceptors (Lipinski definition) is 4. The van der Waals surface area contributed by atoms with Gasteiger partial charge in [0.15, 0.2) is 0 Å². The van der Waals surface area contributed by atoms with Crippen LogP contribution in [0.4, 0.5) is 0 Å².